The first-order valence-corrected chi connectivity index (χ1v) is 10.1. The zero-order valence-corrected chi connectivity index (χ0v) is 17.0. The molecule has 0 spiro atoms. The molecule has 144 valence electrons. The fourth-order valence-electron chi connectivity index (χ4n) is 2.81. The van der Waals surface area contributed by atoms with Crippen LogP contribution in [0, 0.1) is 0 Å². The number of nitrogens with one attached hydrogen (secondary N) is 1. The first kappa shape index (κ1) is 20.2. The van der Waals surface area contributed by atoms with Crippen molar-refractivity contribution in [1.82, 2.24) is 14.9 Å². The molecular weight excluding hydrogens is 394 g/mol. The van der Waals surface area contributed by atoms with Crippen LogP contribution in [0.4, 0.5) is 0 Å². The minimum Gasteiger partial charge on any atom is -0.349 e. The monoisotopic (exact) mass is 413 g/mol. The van der Waals surface area contributed by atoms with E-state index in [1.807, 2.05) is 37.3 Å². The van der Waals surface area contributed by atoms with Crippen molar-refractivity contribution >= 4 is 40.2 Å². The van der Waals surface area contributed by atoms with Gasteiger partial charge < -0.3 is 5.32 Å². The highest BCUT2D eigenvalue weighted by atomic mass is 35.5. The molecule has 0 radical (unpaired) electrons. The number of hydrogen-bond acceptors (Lipinski definition) is 4. The minimum atomic E-state index is -0.201. The predicted molar refractivity (Wildman–Crippen MR) is 115 cm³/mol. The minimum absolute atomic E-state index is 0.101. The fraction of sp³-hybridized carbons (Fsp3) is 0.190. The molecule has 0 aliphatic rings. The Morgan fingerprint density at radius 3 is 2.79 bits per heavy atom. The summed E-state index contributed by atoms with van der Waals surface area (Å²) >= 11 is 7.23. The van der Waals surface area contributed by atoms with E-state index >= 15 is 0 Å². The zero-order chi connectivity index (χ0) is 20.1. The van der Waals surface area contributed by atoms with Crippen LogP contribution >= 0.6 is 23.4 Å². The number of benzene rings is 2. The molecule has 0 aliphatic carbocycles. The van der Waals surface area contributed by atoms with Gasteiger partial charge in [-0.05, 0) is 30.7 Å². The lowest BCUT2D eigenvalue weighted by molar-refractivity contribution is -0.119. The maximum absolute atomic E-state index is 12.8. The largest absolute Gasteiger partial charge is 0.349 e. The molecule has 0 unspecified atom stereocenters. The van der Waals surface area contributed by atoms with E-state index in [4.69, 9.17) is 11.6 Å². The zero-order valence-electron chi connectivity index (χ0n) is 15.4. The Morgan fingerprint density at radius 1 is 1.32 bits per heavy atom. The van der Waals surface area contributed by atoms with E-state index < -0.39 is 0 Å². The molecule has 3 aromatic rings. The quantitative estimate of drug-likeness (QED) is 0.358. The molecular formula is C21H20ClN3O2S. The second kappa shape index (κ2) is 9.08. The molecule has 1 heterocycles. The smallest absolute Gasteiger partial charge is 0.262 e. The maximum Gasteiger partial charge on any atom is 0.262 e. The van der Waals surface area contributed by atoms with Gasteiger partial charge in [-0.15, -0.1) is 6.58 Å². The van der Waals surface area contributed by atoms with Crippen molar-refractivity contribution in [3.05, 3.63) is 82.1 Å². The molecule has 1 amide bonds. The third kappa shape index (κ3) is 4.64. The number of aromatic nitrogens is 2. The molecule has 1 atom stereocenters. The van der Waals surface area contributed by atoms with Crippen LogP contribution in [-0.2, 0) is 11.3 Å². The van der Waals surface area contributed by atoms with Gasteiger partial charge in [-0.1, -0.05) is 59.8 Å². The molecule has 5 nitrogen and oxygen atoms in total. The summed E-state index contributed by atoms with van der Waals surface area (Å²) in [5, 5.41) is 4.36. The average molecular weight is 414 g/mol. The second-order valence-electron chi connectivity index (χ2n) is 6.25. The number of carbonyl (C=O) groups is 1. The van der Waals surface area contributed by atoms with Gasteiger partial charge in [0.25, 0.3) is 5.56 Å². The normalized spacial score (nSPS) is 11.9. The molecule has 3 rings (SSSR count). The van der Waals surface area contributed by atoms with Gasteiger partial charge in [0.15, 0.2) is 5.16 Å². The number of fused-ring (bicyclic) bond motifs is 1. The van der Waals surface area contributed by atoms with Crippen molar-refractivity contribution in [2.24, 2.45) is 0 Å². The van der Waals surface area contributed by atoms with Gasteiger partial charge in [0, 0.05) is 11.6 Å². The summed E-state index contributed by atoms with van der Waals surface area (Å²) in [6.45, 7) is 5.94. The Kier molecular flexibility index (Phi) is 6.54. The lowest BCUT2D eigenvalue weighted by atomic mass is 10.1. The van der Waals surface area contributed by atoms with Crippen molar-refractivity contribution in [3.8, 4) is 0 Å². The van der Waals surface area contributed by atoms with E-state index in [1.165, 1.54) is 16.3 Å². The first-order chi connectivity index (χ1) is 13.5. The number of thioether (sulfide) groups is 1. The average Bonchev–Trinajstić information content (AvgIpc) is 2.70. The molecule has 7 heteroatoms. The molecule has 0 bridgehead atoms. The van der Waals surface area contributed by atoms with E-state index in [0.717, 1.165) is 5.56 Å². The number of hydrogen-bond donors (Lipinski definition) is 1. The van der Waals surface area contributed by atoms with E-state index in [1.54, 1.807) is 24.3 Å². The van der Waals surface area contributed by atoms with Gasteiger partial charge in [-0.3, -0.25) is 14.2 Å². The third-order valence-corrected chi connectivity index (χ3v) is 5.41. The summed E-state index contributed by atoms with van der Waals surface area (Å²) in [4.78, 5) is 29.7. The Labute approximate surface area is 172 Å². The number of rotatable bonds is 7. The molecule has 0 saturated carbocycles. The van der Waals surface area contributed by atoms with Crippen molar-refractivity contribution in [1.29, 1.82) is 0 Å². The number of amides is 1. The molecule has 0 fully saturated rings. The van der Waals surface area contributed by atoms with Crippen molar-refractivity contribution in [2.75, 3.05) is 5.75 Å². The Bertz CT molecular complexity index is 1070. The summed E-state index contributed by atoms with van der Waals surface area (Å²) in [6.07, 6.45) is 1.63. The number of allylic oxidation sites excluding steroid dienone is 1. The topological polar surface area (TPSA) is 64.0 Å². The van der Waals surface area contributed by atoms with E-state index in [0.29, 0.717) is 27.6 Å². The van der Waals surface area contributed by atoms with Gasteiger partial charge in [0.05, 0.1) is 22.7 Å². The summed E-state index contributed by atoms with van der Waals surface area (Å²) < 4.78 is 1.50. The third-order valence-electron chi connectivity index (χ3n) is 4.20. The van der Waals surface area contributed by atoms with Crippen LogP contribution in [0.5, 0.6) is 0 Å². The second-order valence-corrected chi connectivity index (χ2v) is 7.63. The number of halogens is 1. The summed E-state index contributed by atoms with van der Waals surface area (Å²) in [7, 11) is 0. The van der Waals surface area contributed by atoms with E-state index in [9.17, 15) is 9.59 Å². The Hall–Kier alpha value is -2.57. The maximum atomic E-state index is 12.8. The van der Waals surface area contributed by atoms with Crippen molar-refractivity contribution in [2.45, 2.75) is 24.7 Å². The molecule has 0 aliphatic heterocycles. The van der Waals surface area contributed by atoms with Gasteiger partial charge in [-0.2, -0.15) is 0 Å². The van der Waals surface area contributed by atoms with E-state index in [2.05, 4.69) is 16.9 Å². The molecule has 1 N–H and O–H groups in total. The highest BCUT2D eigenvalue weighted by Gasteiger charge is 2.14. The van der Waals surface area contributed by atoms with Crippen LogP contribution in [0.3, 0.4) is 0 Å². The van der Waals surface area contributed by atoms with Crippen LogP contribution in [0.2, 0.25) is 5.02 Å². The Balaban J connectivity index is 1.78. The molecule has 1 aromatic heterocycles. The molecule has 28 heavy (non-hydrogen) atoms. The van der Waals surface area contributed by atoms with Crippen LogP contribution < -0.4 is 10.9 Å². The Morgan fingerprint density at radius 2 is 2.07 bits per heavy atom. The SMILES string of the molecule is C=CCn1c(SCC(=O)N[C@@H](C)c2ccccc2)nc2ccc(Cl)cc2c1=O. The number of carbonyl (C=O) groups excluding carboxylic acids is 1. The van der Waals surface area contributed by atoms with Crippen molar-refractivity contribution < 1.29 is 4.79 Å². The van der Waals surface area contributed by atoms with Gasteiger partial charge in [0.2, 0.25) is 5.91 Å². The van der Waals surface area contributed by atoms with Gasteiger partial charge in [0.1, 0.15) is 0 Å². The summed E-state index contributed by atoms with van der Waals surface area (Å²) in [5.74, 6) is 0.0248. The lowest BCUT2D eigenvalue weighted by Crippen LogP contribution is -2.29. The molecule has 2 aromatic carbocycles. The number of nitrogens with zero attached hydrogens (tertiary/aromatic N) is 2. The lowest BCUT2D eigenvalue weighted by Gasteiger charge is -2.15. The van der Waals surface area contributed by atoms with Crippen LogP contribution in [0.1, 0.15) is 18.5 Å². The van der Waals surface area contributed by atoms with Crippen LogP contribution in [-0.4, -0.2) is 21.2 Å². The van der Waals surface area contributed by atoms with Gasteiger partial charge >= 0.3 is 0 Å². The first-order valence-electron chi connectivity index (χ1n) is 8.77. The summed E-state index contributed by atoms with van der Waals surface area (Å²) in [6, 6.07) is 14.6. The summed E-state index contributed by atoms with van der Waals surface area (Å²) in [5.41, 5.74) is 1.38. The predicted octanol–water partition coefficient (Wildman–Crippen LogP) is 4.21. The highest BCUT2D eigenvalue weighted by Crippen LogP contribution is 2.21. The molecule has 0 saturated heterocycles. The van der Waals surface area contributed by atoms with E-state index in [-0.39, 0.29) is 23.3 Å². The fourth-order valence-corrected chi connectivity index (χ4v) is 3.80. The highest BCUT2D eigenvalue weighted by molar-refractivity contribution is 7.99. The van der Waals surface area contributed by atoms with Gasteiger partial charge in [-0.25, -0.2) is 4.98 Å². The standard InChI is InChI=1S/C21H20ClN3O2S/c1-3-11-25-20(27)17-12-16(22)9-10-18(17)24-21(25)28-13-19(26)23-14(2)15-7-5-4-6-8-15/h3-10,12,14H,1,11,13H2,2H3,(H,23,26)/t14-/m0/s1. The van der Waals surface area contributed by atoms with Crippen LogP contribution in [0.25, 0.3) is 10.9 Å². The van der Waals surface area contributed by atoms with Crippen LogP contribution in [0.15, 0.2) is 71.1 Å². The van der Waals surface area contributed by atoms with Crippen molar-refractivity contribution in [3.63, 3.8) is 0 Å².